The van der Waals surface area contributed by atoms with Crippen molar-refractivity contribution in [1.82, 2.24) is 9.80 Å². The number of ether oxygens (including phenoxy) is 1. The lowest BCUT2D eigenvalue weighted by Crippen LogP contribution is -2.42. The second kappa shape index (κ2) is 8.27. The molecule has 0 N–H and O–H groups in total. The summed E-state index contributed by atoms with van der Waals surface area (Å²) in [5.41, 5.74) is 3.46. The summed E-state index contributed by atoms with van der Waals surface area (Å²) >= 11 is 0. The van der Waals surface area contributed by atoms with E-state index in [4.69, 9.17) is 4.74 Å². The Labute approximate surface area is 172 Å². The molecule has 1 unspecified atom stereocenters. The van der Waals surface area contributed by atoms with Crippen molar-refractivity contribution in [2.24, 2.45) is 0 Å². The maximum Gasteiger partial charge on any atom is 0.225 e. The smallest absolute Gasteiger partial charge is 0.225 e. The third-order valence-corrected chi connectivity index (χ3v) is 6.00. The van der Waals surface area contributed by atoms with Gasteiger partial charge in [-0.25, -0.2) is 0 Å². The van der Waals surface area contributed by atoms with Gasteiger partial charge in [0, 0.05) is 26.1 Å². The number of rotatable bonds is 6. The molecule has 2 aliphatic rings. The van der Waals surface area contributed by atoms with E-state index in [0.717, 1.165) is 36.1 Å². The molecule has 5 heteroatoms. The van der Waals surface area contributed by atoms with Crippen LogP contribution in [0, 0.1) is 0 Å². The maximum atomic E-state index is 13.4. The third kappa shape index (κ3) is 4.29. The van der Waals surface area contributed by atoms with Gasteiger partial charge in [0.05, 0.1) is 19.6 Å². The minimum atomic E-state index is -0.179. The van der Waals surface area contributed by atoms with E-state index in [1.54, 1.807) is 14.0 Å². The van der Waals surface area contributed by atoms with E-state index in [9.17, 15) is 9.59 Å². The molecule has 5 nitrogen and oxygen atoms in total. The molecule has 0 spiro atoms. The maximum absolute atomic E-state index is 13.4. The molecule has 1 aliphatic carbocycles. The summed E-state index contributed by atoms with van der Waals surface area (Å²) in [5, 5.41) is 0. The highest BCUT2D eigenvalue weighted by Gasteiger charge is 2.36. The zero-order valence-electron chi connectivity index (χ0n) is 17.1. The number of benzene rings is 2. The van der Waals surface area contributed by atoms with Crippen molar-refractivity contribution in [3.63, 3.8) is 0 Å². The van der Waals surface area contributed by atoms with Crippen LogP contribution in [0.2, 0.25) is 0 Å². The van der Waals surface area contributed by atoms with Gasteiger partial charge in [-0.3, -0.25) is 9.59 Å². The number of hydrogen-bond acceptors (Lipinski definition) is 3. The van der Waals surface area contributed by atoms with E-state index in [0.29, 0.717) is 25.6 Å². The molecule has 29 heavy (non-hydrogen) atoms. The summed E-state index contributed by atoms with van der Waals surface area (Å²) in [6.07, 6.45) is 3.29. The Hall–Kier alpha value is -2.82. The van der Waals surface area contributed by atoms with Gasteiger partial charge in [0.2, 0.25) is 11.8 Å². The van der Waals surface area contributed by atoms with Crippen LogP contribution in [0.5, 0.6) is 5.75 Å². The van der Waals surface area contributed by atoms with E-state index in [-0.39, 0.29) is 17.9 Å². The molecule has 1 atom stereocenters. The van der Waals surface area contributed by atoms with E-state index < -0.39 is 0 Å². The quantitative estimate of drug-likeness (QED) is 0.753. The standard InChI is InChI=1S/C24H28N2O3/c1-17(27)25-14-13-19-5-3-4-6-22(19)23(25)15-24(28)26(20-9-10-20)16-18-7-11-21(29-2)12-8-18/h3-8,11-12,20,23H,9-10,13-16H2,1-2H3. The highest BCUT2D eigenvalue weighted by molar-refractivity contribution is 5.80. The second-order valence-corrected chi connectivity index (χ2v) is 7.98. The van der Waals surface area contributed by atoms with Crippen molar-refractivity contribution in [3.8, 4) is 5.75 Å². The first-order valence-corrected chi connectivity index (χ1v) is 10.3. The fraction of sp³-hybridized carbons (Fsp3) is 0.417. The van der Waals surface area contributed by atoms with Crippen molar-refractivity contribution < 1.29 is 14.3 Å². The monoisotopic (exact) mass is 392 g/mol. The molecule has 2 aromatic carbocycles. The fourth-order valence-corrected chi connectivity index (χ4v) is 4.27. The lowest BCUT2D eigenvalue weighted by Gasteiger charge is -2.37. The summed E-state index contributed by atoms with van der Waals surface area (Å²) in [4.78, 5) is 29.5. The first kappa shape index (κ1) is 19.5. The Morgan fingerprint density at radius 3 is 2.48 bits per heavy atom. The van der Waals surface area contributed by atoms with Crippen LogP contribution in [0.3, 0.4) is 0 Å². The minimum Gasteiger partial charge on any atom is -0.497 e. The predicted octanol–water partition coefficient (Wildman–Crippen LogP) is 3.72. The fourth-order valence-electron chi connectivity index (χ4n) is 4.27. The van der Waals surface area contributed by atoms with Crippen molar-refractivity contribution in [2.45, 2.75) is 51.2 Å². The van der Waals surface area contributed by atoms with Gasteiger partial charge in [-0.15, -0.1) is 0 Å². The van der Waals surface area contributed by atoms with Gasteiger partial charge in [-0.2, -0.15) is 0 Å². The molecule has 1 fully saturated rings. The van der Waals surface area contributed by atoms with Crippen LogP contribution in [-0.4, -0.2) is 41.3 Å². The van der Waals surface area contributed by atoms with Gasteiger partial charge in [0.25, 0.3) is 0 Å². The number of fused-ring (bicyclic) bond motifs is 1. The highest BCUT2D eigenvalue weighted by Crippen LogP contribution is 2.35. The first-order chi connectivity index (χ1) is 14.1. The number of carbonyl (C=O) groups is 2. The predicted molar refractivity (Wildman–Crippen MR) is 111 cm³/mol. The van der Waals surface area contributed by atoms with Gasteiger partial charge in [0.15, 0.2) is 0 Å². The second-order valence-electron chi connectivity index (χ2n) is 7.98. The van der Waals surface area contributed by atoms with Gasteiger partial charge in [-0.05, 0) is 48.1 Å². The van der Waals surface area contributed by atoms with Crippen LogP contribution in [0.4, 0.5) is 0 Å². The average molecular weight is 392 g/mol. The van der Waals surface area contributed by atoms with Crippen LogP contribution in [0.1, 0.15) is 48.9 Å². The van der Waals surface area contributed by atoms with E-state index in [2.05, 4.69) is 12.1 Å². The Kier molecular flexibility index (Phi) is 5.56. The zero-order chi connectivity index (χ0) is 20.4. The number of hydrogen-bond donors (Lipinski definition) is 0. The highest BCUT2D eigenvalue weighted by atomic mass is 16.5. The van der Waals surface area contributed by atoms with Crippen molar-refractivity contribution in [1.29, 1.82) is 0 Å². The molecule has 2 aromatic rings. The summed E-state index contributed by atoms with van der Waals surface area (Å²) in [6, 6.07) is 16.2. The molecule has 0 aromatic heterocycles. The van der Waals surface area contributed by atoms with Crippen LogP contribution in [0.25, 0.3) is 0 Å². The first-order valence-electron chi connectivity index (χ1n) is 10.3. The van der Waals surface area contributed by atoms with Gasteiger partial charge >= 0.3 is 0 Å². The lowest BCUT2D eigenvalue weighted by atomic mass is 9.90. The van der Waals surface area contributed by atoms with E-state index in [1.807, 2.05) is 46.2 Å². The largest absolute Gasteiger partial charge is 0.497 e. The number of methoxy groups -OCH3 is 1. The lowest BCUT2D eigenvalue weighted by molar-refractivity contribution is -0.137. The summed E-state index contributed by atoms with van der Waals surface area (Å²) in [7, 11) is 1.65. The Balaban J connectivity index is 1.54. The van der Waals surface area contributed by atoms with Gasteiger partial charge in [-0.1, -0.05) is 36.4 Å². The van der Waals surface area contributed by atoms with Crippen molar-refractivity contribution in [2.75, 3.05) is 13.7 Å². The molecule has 1 aliphatic heterocycles. The van der Waals surface area contributed by atoms with Crippen LogP contribution in [0.15, 0.2) is 48.5 Å². The molecule has 1 saturated carbocycles. The van der Waals surface area contributed by atoms with Gasteiger partial charge < -0.3 is 14.5 Å². The molecular weight excluding hydrogens is 364 g/mol. The van der Waals surface area contributed by atoms with E-state index in [1.165, 1.54) is 5.56 Å². The molecule has 4 rings (SSSR count). The number of nitrogens with zero attached hydrogens (tertiary/aromatic N) is 2. The molecule has 0 radical (unpaired) electrons. The van der Waals surface area contributed by atoms with Crippen molar-refractivity contribution in [3.05, 3.63) is 65.2 Å². The summed E-state index contributed by atoms with van der Waals surface area (Å²) in [5.74, 6) is 0.968. The van der Waals surface area contributed by atoms with Crippen LogP contribution >= 0.6 is 0 Å². The van der Waals surface area contributed by atoms with Crippen LogP contribution < -0.4 is 4.74 Å². The van der Waals surface area contributed by atoms with Gasteiger partial charge in [0.1, 0.15) is 5.75 Å². The number of carbonyl (C=O) groups excluding carboxylic acids is 2. The van der Waals surface area contributed by atoms with Crippen LogP contribution in [-0.2, 0) is 22.6 Å². The minimum absolute atomic E-state index is 0.0328. The molecule has 0 saturated heterocycles. The normalized spacial score (nSPS) is 18.1. The molecule has 0 bridgehead atoms. The summed E-state index contributed by atoms with van der Waals surface area (Å²) < 4.78 is 5.23. The Morgan fingerprint density at radius 2 is 1.83 bits per heavy atom. The zero-order valence-corrected chi connectivity index (χ0v) is 17.1. The topological polar surface area (TPSA) is 49.9 Å². The Morgan fingerprint density at radius 1 is 1.10 bits per heavy atom. The molecule has 1 heterocycles. The molecular formula is C24H28N2O3. The van der Waals surface area contributed by atoms with Crippen molar-refractivity contribution >= 4 is 11.8 Å². The molecule has 2 amide bonds. The SMILES string of the molecule is COc1ccc(CN(C(=O)CC2c3ccccc3CCN2C(C)=O)C2CC2)cc1. The average Bonchev–Trinajstić information content (AvgIpc) is 3.57. The summed E-state index contributed by atoms with van der Waals surface area (Å²) in [6.45, 7) is 2.87. The third-order valence-electron chi connectivity index (χ3n) is 6.00. The Bertz CT molecular complexity index is 889. The van der Waals surface area contributed by atoms with E-state index >= 15 is 0 Å². The molecule has 152 valence electrons. The number of amides is 2.